The summed E-state index contributed by atoms with van der Waals surface area (Å²) in [7, 11) is -3.78. The van der Waals surface area contributed by atoms with E-state index >= 15 is 0 Å². The monoisotopic (exact) mass is 286 g/mol. The summed E-state index contributed by atoms with van der Waals surface area (Å²) in [6.07, 6.45) is 1.68. The van der Waals surface area contributed by atoms with Crippen LogP contribution in [-0.4, -0.2) is 24.5 Å². The van der Waals surface area contributed by atoms with Crippen LogP contribution in [0.25, 0.3) is 0 Å². The van der Waals surface area contributed by atoms with Crippen molar-refractivity contribution < 1.29 is 18.4 Å². The van der Waals surface area contributed by atoms with Crippen LogP contribution >= 0.6 is 0 Å². The smallest absolute Gasteiger partial charge is 0.312 e. The van der Waals surface area contributed by atoms with Crippen molar-refractivity contribution in [3.63, 3.8) is 0 Å². The van der Waals surface area contributed by atoms with E-state index in [4.69, 9.17) is 0 Å². The highest BCUT2D eigenvalue weighted by atomic mass is 32.2. The normalized spacial score (nSPS) is 22.2. The molecule has 7 nitrogen and oxygen atoms in total. The van der Waals surface area contributed by atoms with Gasteiger partial charge in [-0.1, -0.05) is 13.3 Å². The van der Waals surface area contributed by atoms with Gasteiger partial charge in [0.2, 0.25) is 10.0 Å². The van der Waals surface area contributed by atoms with E-state index in [9.17, 15) is 23.6 Å². The average molecular weight is 286 g/mol. The summed E-state index contributed by atoms with van der Waals surface area (Å²) in [5.74, 6) is -0.219. The first-order valence-corrected chi connectivity index (χ1v) is 7.33. The second-order valence-electron chi connectivity index (χ2n) is 4.54. The van der Waals surface area contributed by atoms with E-state index in [1.54, 1.807) is 0 Å². The van der Waals surface area contributed by atoms with Gasteiger partial charge in [0.05, 0.1) is 9.82 Å². The Hall–Kier alpha value is -1.67. The van der Waals surface area contributed by atoms with E-state index in [1.165, 1.54) is 0 Å². The molecule has 1 aromatic rings. The number of hydrogen-bond donors (Lipinski definition) is 2. The Bertz CT molecular complexity index is 614. The standard InChI is InChI=1S/C11H14N2O5S/c1-2-7-5-9(7)12-19(17,18)8-3-4-11(14)10(6-8)13(15)16/h3-4,6-7,9,12,14H,2,5H2,1H3. The minimum absolute atomic E-state index is 0.0946. The number of phenols is 1. The van der Waals surface area contributed by atoms with Crippen molar-refractivity contribution >= 4 is 15.7 Å². The van der Waals surface area contributed by atoms with Gasteiger partial charge in [0.1, 0.15) is 0 Å². The summed E-state index contributed by atoms with van der Waals surface area (Å²) in [6.45, 7) is 1.98. The van der Waals surface area contributed by atoms with Gasteiger partial charge in [-0.2, -0.15) is 0 Å². The number of nitro benzene ring substituents is 1. The SMILES string of the molecule is CCC1CC1NS(=O)(=O)c1ccc(O)c([N+](=O)[O-])c1. The third kappa shape index (κ3) is 2.85. The summed E-state index contributed by atoms with van der Waals surface area (Å²) in [4.78, 5) is 9.64. The lowest BCUT2D eigenvalue weighted by molar-refractivity contribution is -0.386. The molecule has 1 aromatic carbocycles. The minimum Gasteiger partial charge on any atom is -0.502 e. The summed E-state index contributed by atoms with van der Waals surface area (Å²) in [5, 5.41) is 20.0. The van der Waals surface area contributed by atoms with Gasteiger partial charge in [0.15, 0.2) is 5.75 Å². The van der Waals surface area contributed by atoms with Crippen molar-refractivity contribution in [2.45, 2.75) is 30.7 Å². The third-order valence-electron chi connectivity index (χ3n) is 3.21. The number of rotatable bonds is 5. The van der Waals surface area contributed by atoms with Crippen molar-refractivity contribution in [2.75, 3.05) is 0 Å². The number of nitrogens with one attached hydrogen (secondary N) is 1. The van der Waals surface area contributed by atoms with Crippen LogP contribution in [0.1, 0.15) is 19.8 Å². The molecule has 0 bridgehead atoms. The zero-order valence-corrected chi connectivity index (χ0v) is 11.1. The third-order valence-corrected chi connectivity index (χ3v) is 4.69. The van der Waals surface area contributed by atoms with Gasteiger partial charge in [-0.05, 0) is 24.5 Å². The molecule has 2 atom stereocenters. The number of nitrogens with zero attached hydrogens (tertiary/aromatic N) is 1. The second kappa shape index (κ2) is 4.78. The highest BCUT2D eigenvalue weighted by Crippen LogP contribution is 2.35. The first-order valence-electron chi connectivity index (χ1n) is 5.85. The first-order chi connectivity index (χ1) is 8.85. The molecule has 0 aromatic heterocycles. The number of benzene rings is 1. The molecule has 0 amide bonds. The van der Waals surface area contributed by atoms with Crippen LogP contribution in [0.15, 0.2) is 23.1 Å². The molecule has 1 saturated carbocycles. The molecule has 1 aliphatic carbocycles. The zero-order chi connectivity index (χ0) is 14.2. The van der Waals surface area contributed by atoms with E-state index in [0.717, 1.165) is 31.0 Å². The van der Waals surface area contributed by atoms with E-state index in [1.807, 2.05) is 6.92 Å². The lowest BCUT2D eigenvalue weighted by Gasteiger charge is -2.06. The highest BCUT2D eigenvalue weighted by Gasteiger charge is 2.39. The Morgan fingerprint density at radius 2 is 2.21 bits per heavy atom. The van der Waals surface area contributed by atoms with Crippen molar-refractivity contribution in [3.8, 4) is 5.75 Å². The molecule has 0 aliphatic heterocycles. The first kappa shape index (κ1) is 13.8. The molecule has 1 fully saturated rings. The summed E-state index contributed by atoms with van der Waals surface area (Å²) in [6, 6.07) is 2.93. The maximum absolute atomic E-state index is 12.0. The fraction of sp³-hybridized carbons (Fsp3) is 0.455. The van der Waals surface area contributed by atoms with Crippen LogP contribution in [0, 0.1) is 16.0 Å². The predicted molar refractivity (Wildman–Crippen MR) is 67.3 cm³/mol. The number of phenolic OH excluding ortho intramolecular Hbond substituents is 1. The molecule has 0 spiro atoms. The van der Waals surface area contributed by atoms with Gasteiger partial charge in [-0.3, -0.25) is 10.1 Å². The van der Waals surface area contributed by atoms with Gasteiger partial charge >= 0.3 is 5.69 Å². The molecule has 0 radical (unpaired) electrons. The quantitative estimate of drug-likeness (QED) is 0.627. The van der Waals surface area contributed by atoms with E-state index < -0.39 is 26.4 Å². The van der Waals surface area contributed by atoms with Crippen molar-refractivity contribution in [1.82, 2.24) is 4.72 Å². The van der Waals surface area contributed by atoms with Crippen LogP contribution in [0.2, 0.25) is 0 Å². The van der Waals surface area contributed by atoms with Crippen LogP contribution in [0.4, 0.5) is 5.69 Å². The Labute approximate surface area is 110 Å². The van der Waals surface area contributed by atoms with Gasteiger partial charge in [-0.25, -0.2) is 13.1 Å². The highest BCUT2D eigenvalue weighted by molar-refractivity contribution is 7.89. The number of aromatic hydroxyl groups is 1. The molecule has 2 N–H and O–H groups in total. The van der Waals surface area contributed by atoms with Crippen LogP contribution in [0.3, 0.4) is 0 Å². The zero-order valence-electron chi connectivity index (χ0n) is 10.2. The van der Waals surface area contributed by atoms with Crippen molar-refractivity contribution in [3.05, 3.63) is 28.3 Å². The molecule has 2 unspecified atom stereocenters. The summed E-state index contributed by atoms with van der Waals surface area (Å²) < 4.78 is 26.5. The second-order valence-corrected chi connectivity index (χ2v) is 6.25. The summed E-state index contributed by atoms with van der Waals surface area (Å²) in [5.41, 5.74) is -0.620. The fourth-order valence-corrected chi connectivity index (χ4v) is 3.26. The van der Waals surface area contributed by atoms with Crippen molar-refractivity contribution in [1.29, 1.82) is 0 Å². The topological polar surface area (TPSA) is 110 Å². The lowest BCUT2D eigenvalue weighted by atomic mass is 10.3. The summed E-state index contributed by atoms with van der Waals surface area (Å²) >= 11 is 0. The largest absolute Gasteiger partial charge is 0.502 e. The number of hydrogen-bond acceptors (Lipinski definition) is 5. The maximum Gasteiger partial charge on any atom is 0.312 e. The van der Waals surface area contributed by atoms with Gasteiger partial charge in [0.25, 0.3) is 0 Å². The minimum atomic E-state index is -3.78. The van der Waals surface area contributed by atoms with E-state index in [-0.39, 0.29) is 10.9 Å². The van der Waals surface area contributed by atoms with Crippen LogP contribution in [-0.2, 0) is 10.0 Å². The molecular weight excluding hydrogens is 272 g/mol. The molecule has 0 saturated heterocycles. The van der Waals surface area contributed by atoms with E-state index in [2.05, 4.69) is 4.72 Å². The Morgan fingerprint density at radius 1 is 1.53 bits per heavy atom. The van der Waals surface area contributed by atoms with Crippen LogP contribution < -0.4 is 4.72 Å². The van der Waals surface area contributed by atoms with Gasteiger partial charge in [-0.15, -0.1) is 0 Å². The molecule has 2 rings (SSSR count). The molecule has 1 aliphatic rings. The van der Waals surface area contributed by atoms with Crippen molar-refractivity contribution in [2.24, 2.45) is 5.92 Å². The Morgan fingerprint density at radius 3 is 2.74 bits per heavy atom. The van der Waals surface area contributed by atoms with E-state index in [0.29, 0.717) is 5.92 Å². The average Bonchev–Trinajstić information content (AvgIpc) is 3.06. The fourth-order valence-electron chi connectivity index (χ4n) is 1.93. The van der Waals surface area contributed by atoms with Gasteiger partial charge < -0.3 is 5.11 Å². The lowest BCUT2D eigenvalue weighted by Crippen LogP contribution is -2.27. The molecule has 19 heavy (non-hydrogen) atoms. The van der Waals surface area contributed by atoms with Gasteiger partial charge in [0, 0.05) is 12.1 Å². The molecule has 8 heteroatoms. The molecule has 104 valence electrons. The number of sulfonamides is 1. The van der Waals surface area contributed by atoms with Crippen LogP contribution in [0.5, 0.6) is 5.75 Å². The Kier molecular flexibility index (Phi) is 3.46. The predicted octanol–water partition coefficient (Wildman–Crippen LogP) is 1.38. The molecular formula is C11H14N2O5S. The Balaban J connectivity index is 2.26. The molecule has 0 heterocycles. The number of nitro groups is 1. The maximum atomic E-state index is 12.0.